The molecule has 1 aromatic rings. The maximum atomic E-state index is 12.8. The number of carbonyl (C=O) groups is 2. The molecule has 0 aromatic heterocycles. The first kappa shape index (κ1) is 18.2. The van der Waals surface area contributed by atoms with Crippen LogP contribution < -0.4 is 10.2 Å². The average molecular weight is 354 g/mol. The van der Waals surface area contributed by atoms with Crippen LogP contribution in [0.5, 0.6) is 0 Å². The lowest BCUT2D eigenvalue weighted by atomic mass is 9.71. The molecule has 2 aliphatic rings. The first-order chi connectivity index (χ1) is 12.4. The molecule has 1 aromatic carbocycles. The number of ether oxygens (including phenoxy) is 1. The smallest absolute Gasteiger partial charge is 0.336 e. The van der Waals surface area contributed by atoms with Gasteiger partial charge in [0.15, 0.2) is 0 Å². The van der Waals surface area contributed by atoms with E-state index in [9.17, 15) is 9.59 Å². The van der Waals surface area contributed by atoms with Crippen LogP contribution in [0.1, 0.15) is 38.2 Å². The normalized spacial score (nSPS) is 22.3. The zero-order valence-electron chi connectivity index (χ0n) is 15.8. The summed E-state index contributed by atoms with van der Waals surface area (Å²) in [7, 11) is 3.97. The Morgan fingerprint density at radius 1 is 1.23 bits per heavy atom. The number of hydrogen-bond donors (Lipinski definition) is 1. The zero-order chi connectivity index (χ0) is 18.8. The van der Waals surface area contributed by atoms with Crippen molar-refractivity contribution in [3.8, 4) is 0 Å². The number of carbonyl (C=O) groups excluding carboxylic acids is 2. The van der Waals surface area contributed by atoms with Crippen LogP contribution in [0.4, 0.5) is 5.69 Å². The third-order valence-corrected chi connectivity index (χ3v) is 5.08. The number of anilines is 1. The van der Waals surface area contributed by atoms with Crippen LogP contribution >= 0.6 is 0 Å². The van der Waals surface area contributed by atoms with Gasteiger partial charge in [-0.1, -0.05) is 18.2 Å². The number of hydrogen-bond acceptors (Lipinski definition) is 5. The second-order valence-electron chi connectivity index (χ2n) is 6.99. The summed E-state index contributed by atoms with van der Waals surface area (Å²) in [6.45, 7) is 3.98. The summed E-state index contributed by atoms with van der Waals surface area (Å²) >= 11 is 0. The van der Waals surface area contributed by atoms with E-state index >= 15 is 0 Å². The molecule has 2 atom stereocenters. The molecular formula is C21H26N2O3. The van der Waals surface area contributed by atoms with E-state index in [1.54, 1.807) is 6.92 Å². The summed E-state index contributed by atoms with van der Waals surface area (Å²) in [6, 6.07) is 8.06. The van der Waals surface area contributed by atoms with Crippen LogP contribution in [0, 0.1) is 5.92 Å². The van der Waals surface area contributed by atoms with Crippen molar-refractivity contribution < 1.29 is 14.3 Å². The maximum absolute atomic E-state index is 12.8. The molecule has 1 heterocycles. The van der Waals surface area contributed by atoms with Gasteiger partial charge in [0.05, 0.1) is 18.1 Å². The molecule has 0 amide bonds. The number of rotatable bonds is 4. The van der Waals surface area contributed by atoms with E-state index < -0.39 is 0 Å². The van der Waals surface area contributed by atoms with E-state index in [2.05, 4.69) is 11.4 Å². The Morgan fingerprint density at radius 3 is 2.54 bits per heavy atom. The van der Waals surface area contributed by atoms with Gasteiger partial charge in [0.2, 0.25) is 0 Å². The molecule has 1 aliphatic carbocycles. The maximum Gasteiger partial charge on any atom is 0.336 e. The summed E-state index contributed by atoms with van der Waals surface area (Å²) in [6.07, 6.45) is 3.34. The summed E-state index contributed by atoms with van der Waals surface area (Å²) in [5, 5.41) is 3.28. The highest BCUT2D eigenvalue weighted by molar-refractivity contribution is 5.96. The first-order valence-electron chi connectivity index (χ1n) is 9.09. The number of nitrogens with zero attached hydrogens (tertiary/aromatic N) is 1. The molecular weight excluding hydrogens is 328 g/mol. The van der Waals surface area contributed by atoms with Gasteiger partial charge in [-0.25, -0.2) is 4.79 Å². The van der Waals surface area contributed by atoms with Crippen LogP contribution in [0.15, 0.2) is 47.3 Å². The molecule has 5 heteroatoms. The van der Waals surface area contributed by atoms with Crippen molar-refractivity contribution in [2.45, 2.75) is 32.6 Å². The second-order valence-corrected chi connectivity index (χ2v) is 6.99. The van der Waals surface area contributed by atoms with E-state index in [0.717, 1.165) is 29.1 Å². The monoisotopic (exact) mass is 354 g/mol. The molecule has 3 rings (SSSR count). The van der Waals surface area contributed by atoms with Gasteiger partial charge in [-0.2, -0.15) is 0 Å². The van der Waals surface area contributed by atoms with Crippen LogP contribution in [0.2, 0.25) is 0 Å². The standard InChI is InChI=1S/C21H26N2O3/c1-5-26-21(25)18-13(2)22-16-7-6-8-17(24)20(16)19(18)14-9-11-15(12-10-14)23(3)4/h7,9-12,19-20,22H,5-6,8H2,1-4H3. The summed E-state index contributed by atoms with van der Waals surface area (Å²) in [4.78, 5) is 27.5. The fraction of sp³-hybridized carbons (Fsp3) is 0.429. The summed E-state index contributed by atoms with van der Waals surface area (Å²) in [5.74, 6) is -0.842. The zero-order valence-corrected chi connectivity index (χ0v) is 15.8. The van der Waals surface area contributed by atoms with E-state index in [1.807, 2.05) is 50.2 Å². The van der Waals surface area contributed by atoms with E-state index in [4.69, 9.17) is 4.74 Å². The van der Waals surface area contributed by atoms with Gasteiger partial charge >= 0.3 is 5.97 Å². The van der Waals surface area contributed by atoms with Crippen molar-refractivity contribution >= 4 is 17.4 Å². The van der Waals surface area contributed by atoms with E-state index in [1.165, 1.54) is 0 Å². The Balaban J connectivity index is 2.11. The lowest BCUT2D eigenvalue weighted by molar-refractivity contribution is -0.139. The first-order valence-corrected chi connectivity index (χ1v) is 9.09. The van der Waals surface area contributed by atoms with Crippen molar-refractivity contribution in [2.75, 3.05) is 25.6 Å². The third-order valence-electron chi connectivity index (χ3n) is 5.08. The van der Waals surface area contributed by atoms with E-state index in [-0.39, 0.29) is 23.6 Å². The lowest BCUT2D eigenvalue weighted by Crippen LogP contribution is -2.40. The molecule has 138 valence electrons. The number of ketones is 1. The summed E-state index contributed by atoms with van der Waals surface area (Å²) < 4.78 is 5.30. The highest BCUT2D eigenvalue weighted by Gasteiger charge is 2.43. The third kappa shape index (κ3) is 3.26. The largest absolute Gasteiger partial charge is 0.463 e. The lowest BCUT2D eigenvalue weighted by Gasteiger charge is -2.38. The van der Waals surface area contributed by atoms with Gasteiger partial charge < -0.3 is 15.0 Å². The Kier molecular flexibility index (Phi) is 5.16. The minimum Gasteiger partial charge on any atom is -0.463 e. The topological polar surface area (TPSA) is 58.6 Å². The predicted octanol–water partition coefficient (Wildman–Crippen LogP) is 3.14. The number of Topliss-reactive ketones (excluding diaryl/α,β-unsaturated/α-hetero) is 1. The van der Waals surface area contributed by atoms with Crippen LogP contribution in [-0.2, 0) is 14.3 Å². The summed E-state index contributed by atoms with van der Waals surface area (Å²) in [5.41, 5.74) is 4.27. The van der Waals surface area contributed by atoms with Crippen molar-refractivity contribution in [3.63, 3.8) is 0 Å². The molecule has 1 aliphatic heterocycles. The molecule has 0 fully saturated rings. The minimum atomic E-state index is -0.350. The molecule has 1 N–H and O–H groups in total. The van der Waals surface area contributed by atoms with Crippen molar-refractivity contribution in [3.05, 3.63) is 52.9 Å². The Bertz CT molecular complexity index is 775. The fourth-order valence-corrected chi connectivity index (χ4v) is 3.83. The second kappa shape index (κ2) is 7.36. The average Bonchev–Trinajstić information content (AvgIpc) is 2.61. The van der Waals surface area contributed by atoms with E-state index in [0.29, 0.717) is 18.6 Å². The Labute approximate surface area is 154 Å². The molecule has 2 unspecified atom stereocenters. The minimum absolute atomic E-state index is 0.172. The highest BCUT2D eigenvalue weighted by Crippen LogP contribution is 2.44. The number of allylic oxidation sites excluding steroid dienone is 3. The van der Waals surface area contributed by atoms with Gasteiger partial charge in [-0.15, -0.1) is 0 Å². The van der Waals surface area contributed by atoms with Crippen LogP contribution in [0.3, 0.4) is 0 Å². The molecule has 0 saturated carbocycles. The Morgan fingerprint density at radius 2 is 1.92 bits per heavy atom. The van der Waals surface area contributed by atoms with Crippen molar-refractivity contribution in [2.24, 2.45) is 5.92 Å². The molecule has 0 radical (unpaired) electrons. The molecule has 0 saturated heterocycles. The predicted molar refractivity (Wildman–Crippen MR) is 102 cm³/mol. The molecule has 5 nitrogen and oxygen atoms in total. The van der Waals surface area contributed by atoms with Crippen molar-refractivity contribution in [1.29, 1.82) is 0 Å². The van der Waals surface area contributed by atoms with Gasteiger partial charge in [0.1, 0.15) is 5.78 Å². The quantitative estimate of drug-likeness (QED) is 0.842. The van der Waals surface area contributed by atoms with Gasteiger partial charge in [-0.3, -0.25) is 4.79 Å². The van der Waals surface area contributed by atoms with Crippen LogP contribution in [-0.4, -0.2) is 32.5 Å². The number of esters is 1. The SMILES string of the molecule is CCOC(=O)C1=C(C)NC2=CCCC(=O)C2C1c1ccc(N(C)C)cc1. The van der Waals surface area contributed by atoms with Gasteiger partial charge in [-0.05, 0) is 38.0 Å². The van der Waals surface area contributed by atoms with Crippen LogP contribution in [0.25, 0.3) is 0 Å². The Hall–Kier alpha value is -2.56. The van der Waals surface area contributed by atoms with Crippen molar-refractivity contribution in [1.82, 2.24) is 5.32 Å². The highest BCUT2D eigenvalue weighted by atomic mass is 16.5. The van der Waals surface area contributed by atoms with Gasteiger partial charge in [0.25, 0.3) is 0 Å². The number of benzene rings is 1. The molecule has 0 spiro atoms. The van der Waals surface area contributed by atoms with Gasteiger partial charge in [0, 0.05) is 43.5 Å². The number of fused-ring (bicyclic) bond motifs is 1. The number of nitrogens with one attached hydrogen (secondary N) is 1. The molecule has 26 heavy (non-hydrogen) atoms. The fourth-order valence-electron chi connectivity index (χ4n) is 3.83. The molecule has 0 bridgehead atoms.